The van der Waals surface area contributed by atoms with Crippen LogP contribution in [0.3, 0.4) is 0 Å². The number of amides is 2. The molecule has 1 aliphatic heterocycles. The lowest BCUT2D eigenvalue weighted by Gasteiger charge is -2.31. The Morgan fingerprint density at radius 2 is 1.70 bits per heavy atom. The Labute approximate surface area is 178 Å². The summed E-state index contributed by atoms with van der Waals surface area (Å²) < 4.78 is 2.12. The molecule has 0 saturated heterocycles. The molecular formula is C24H19N3O2S. The van der Waals surface area contributed by atoms with Crippen LogP contribution >= 0.6 is 11.3 Å². The van der Waals surface area contributed by atoms with Crippen molar-refractivity contribution in [3.05, 3.63) is 100 Å². The van der Waals surface area contributed by atoms with Gasteiger partial charge < -0.3 is 14.8 Å². The van der Waals surface area contributed by atoms with E-state index >= 15 is 0 Å². The largest absolute Gasteiger partial charge is 0.322 e. The zero-order valence-corrected chi connectivity index (χ0v) is 17.1. The summed E-state index contributed by atoms with van der Waals surface area (Å²) in [5.41, 5.74) is 4.86. The van der Waals surface area contributed by atoms with E-state index in [0.29, 0.717) is 23.4 Å². The molecular weight excluding hydrogens is 394 g/mol. The van der Waals surface area contributed by atoms with E-state index in [1.807, 2.05) is 61.0 Å². The molecule has 2 aromatic heterocycles. The number of para-hydroxylation sites is 2. The lowest BCUT2D eigenvalue weighted by molar-refractivity contribution is 0.0982. The van der Waals surface area contributed by atoms with Gasteiger partial charge in [0.15, 0.2) is 0 Å². The number of aryl methyl sites for hydroxylation is 1. The average molecular weight is 414 g/mol. The first kappa shape index (κ1) is 18.4. The minimum absolute atomic E-state index is 0.0681. The van der Waals surface area contributed by atoms with Crippen LogP contribution in [0.2, 0.25) is 0 Å². The highest BCUT2D eigenvalue weighted by Crippen LogP contribution is 2.33. The first-order chi connectivity index (χ1) is 14.6. The number of nitrogens with one attached hydrogen (secondary N) is 1. The SMILES string of the molecule is Cc1sccc1C(=O)Nc1ccc(C(=O)N2Cc3cccn3-c3ccccc32)cc1. The smallest absolute Gasteiger partial charge is 0.258 e. The molecule has 0 bridgehead atoms. The number of benzene rings is 2. The molecule has 0 saturated carbocycles. The number of fused-ring (bicyclic) bond motifs is 3. The molecule has 0 spiro atoms. The standard InChI is InChI=1S/C24H19N3O2S/c1-16-20(12-14-30-16)23(28)25-18-10-8-17(9-11-18)24(29)27-15-19-5-4-13-26(19)21-6-2-3-7-22(21)27/h2-14H,15H2,1H3,(H,25,28). The highest BCUT2D eigenvalue weighted by atomic mass is 32.1. The summed E-state index contributed by atoms with van der Waals surface area (Å²) in [5.74, 6) is -0.208. The van der Waals surface area contributed by atoms with Crippen LogP contribution in [0.1, 0.15) is 31.3 Å². The topological polar surface area (TPSA) is 54.3 Å². The van der Waals surface area contributed by atoms with Crippen LogP contribution < -0.4 is 10.2 Å². The Balaban J connectivity index is 1.38. The lowest BCUT2D eigenvalue weighted by Crippen LogP contribution is -2.34. The van der Waals surface area contributed by atoms with E-state index in [2.05, 4.69) is 9.88 Å². The van der Waals surface area contributed by atoms with E-state index in [1.54, 1.807) is 40.5 Å². The van der Waals surface area contributed by atoms with Gasteiger partial charge in [-0.25, -0.2) is 0 Å². The predicted octanol–water partition coefficient (Wildman–Crippen LogP) is 5.26. The van der Waals surface area contributed by atoms with E-state index in [9.17, 15) is 9.59 Å². The third-order valence-electron chi connectivity index (χ3n) is 5.32. The summed E-state index contributed by atoms with van der Waals surface area (Å²) in [6.45, 7) is 2.44. The van der Waals surface area contributed by atoms with Crippen molar-refractivity contribution in [3.63, 3.8) is 0 Å². The summed E-state index contributed by atoms with van der Waals surface area (Å²) in [5, 5.41) is 4.80. The Morgan fingerprint density at radius 1 is 0.933 bits per heavy atom. The van der Waals surface area contributed by atoms with Crippen molar-refractivity contribution in [2.24, 2.45) is 0 Å². The van der Waals surface area contributed by atoms with Crippen molar-refractivity contribution >= 4 is 34.5 Å². The lowest BCUT2D eigenvalue weighted by atomic mass is 10.1. The molecule has 1 aliphatic rings. The number of thiophene rings is 1. The number of carbonyl (C=O) groups excluding carboxylic acids is 2. The van der Waals surface area contributed by atoms with Crippen molar-refractivity contribution in [3.8, 4) is 5.69 Å². The van der Waals surface area contributed by atoms with E-state index in [0.717, 1.165) is 21.9 Å². The van der Waals surface area contributed by atoms with Crippen LogP contribution in [0.5, 0.6) is 0 Å². The third-order valence-corrected chi connectivity index (χ3v) is 6.17. The van der Waals surface area contributed by atoms with Crippen molar-refractivity contribution in [1.29, 1.82) is 0 Å². The van der Waals surface area contributed by atoms with Crippen LogP contribution in [0.25, 0.3) is 5.69 Å². The van der Waals surface area contributed by atoms with Crippen molar-refractivity contribution in [2.45, 2.75) is 13.5 Å². The molecule has 3 heterocycles. The van der Waals surface area contributed by atoms with Gasteiger partial charge in [-0.15, -0.1) is 11.3 Å². The second-order valence-corrected chi connectivity index (χ2v) is 8.29. The normalized spacial score (nSPS) is 12.2. The molecule has 0 aliphatic carbocycles. The quantitative estimate of drug-likeness (QED) is 0.498. The fourth-order valence-electron chi connectivity index (χ4n) is 3.78. The average Bonchev–Trinajstić information content (AvgIpc) is 3.42. The van der Waals surface area contributed by atoms with Crippen molar-refractivity contribution < 1.29 is 9.59 Å². The highest BCUT2D eigenvalue weighted by Gasteiger charge is 2.26. The molecule has 2 amide bonds. The van der Waals surface area contributed by atoms with Crippen molar-refractivity contribution in [1.82, 2.24) is 4.57 Å². The summed E-state index contributed by atoms with van der Waals surface area (Å²) >= 11 is 1.54. The van der Waals surface area contributed by atoms with Gasteiger partial charge in [-0.3, -0.25) is 9.59 Å². The minimum Gasteiger partial charge on any atom is -0.322 e. The van der Waals surface area contributed by atoms with Gasteiger partial charge in [-0.1, -0.05) is 12.1 Å². The number of nitrogens with zero attached hydrogens (tertiary/aromatic N) is 2. The van der Waals surface area contributed by atoms with Gasteiger partial charge in [-0.2, -0.15) is 0 Å². The summed E-state index contributed by atoms with van der Waals surface area (Å²) in [4.78, 5) is 28.5. The van der Waals surface area contributed by atoms with E-state index in [4.69, 9.17) is 0 Å². The van der Waals surface area contributed by atoms with Crippen LogP contribution in [0.15, 0.2) is 78.3 Å². The molecule has 5 nitrogen and oxygen atoms in total. The predicted molar refractivity (Wildman–Crippen MR) is 120 cm³/mol. The second-order valence-electron chi connectivity index (χ2n) is 7.17. The van der Waals surface area contributed by atoms with E-state index < -0.39 is 0 Å². The number of hydrogen-bond donors (Lipinski definition) is 1. The van der Waals surface area contributed by atoms with Crippen molar-refractivity contribution in [2.75, 3.05) is 10.2 Å². The monoisotopic (exact) mass is 413 g/mol. The molecule has 1 N–H and O–H groups in total. The Kier molecular flexibility index (Phi) is 4.48. The fraction of sp³-hybridized carbons (Fsp3) is 0.0833. The Hall–Kier alpha value is -3.64. The molecule has 30 heavy (non-hydrogen) atoms. The van der Waals surface area contributed by atoms with Gasteiger partial charge in [0.05, 0.1) is 23.5 Å². The molecule has 0 unspecified atom stereocenters. The van der Waals surface area contributed by atoms with E-state index in [-0.39, 0.29) is 11.8 Å². The summed E-state index contributed by atoms with van der Waals surface area (Å²) in [7, 11) is 0. The van der Waals surface area contributed by atoms with E-state index in [1.165, 1.54) is 0 Å². The number of anilines is 2. The number of rotatable bonds is 3. The van der Waals surface area contributed by atoms with Crippen LogP contribution in [0.4, 0.5) is 11.4 Å². The maximum atomic E-state index is 13.3. The Bertz CT molecular complexity index is 1250. The summed E-state index contributed by atoms with van der Waals surface area (Å²) in [6, 6.07) is 20.8. The molecule has 5 rings (SSSR count). The second kappa shape index (κ2) is 7.31. The number of aromatic nitrogens is 1. The fourth-order valence-corrected chi connectivity index (χ4v) is 4.47. The maximum absolute atomic E-state index is 13.3. The van der Waals surface area contributed by atoms with Crippen LogP contribution in [-0.2, 0) is 6.54 Å². The van der Waals surface area contributed by atoms with Crippen LogP contribution in [-0.4, -0.2) is 16.4 Å². The molecule has 4 aromatic rings. The molecule has 148 valence electrons. The van der Waals surface area contributed by atoms with Gasteiger partial charge in [0.1, 0.15) is 0 Å². The van der Waals surface area contributed by atoms with Gasteiger partial charge in [-0.05, 0) is 66.9 Å². The maximum Gasteiger partial charge on any atom is 0.258 e. The van der Waals surface area contributed by atoms with Gasteiger partial charge in [0.25, 0.3) is 11.8 Å². The van der Waals surface area contributed by atoms with Gasteiger partial charge in [0, 0.05) is 28.0 Å². The zero-order chi connectivity index (χ0) is 20.7. The number of hydrogen-bond acceptors (Lipinski definition) is 3. The first-order valence-corrected chi connectivity index (χ1v) is 10.5. The molecule has 6 heteroatoms. The molecule has 2 aromatic carbocycles. The molecule has 0 fully saturated rings. The minimum atomic E-state index is -0.140. The Morgan fingerprint density at radius 3 is 2.43 bits per heavy atom. The third kappa shape index (κ3) is 3.11. The van der Waals surface area contributed by atoms with Gasteiger partial charge >= 0.3 is 0 Å². The molecule has 0 atom stereocenters. The van der Waals surface area contributed by atoms with Gasteiger partial charge in [0.2, 0.25) is 0 Å². The van der Waals surface area contributed by atoms with Crippen LogP contribution in [0, 0.1) is 6.92 Å². The summed E-state index contributed by atoms with van der Waals surface area (Å²) in [6.07, 6.45) is 2.02. The first-order valence-electron chi connectivity index (χ1n) is 9.65. The highest BCUT2D eigenvalue weighted by molar-refractivity contribution is 7.10. The molecule has 0 radical (unpaired) electrons. The number of carbonyl (C=O) groups is 2. The zero-order valence-electron chi connectivity index (χ0n) is 16.3.